The molecular formula is C19H25FO4. The Morgan fingerprint density at radius 3 is 2.29 bits per heavy atom. The summed E-state index contributed by atoms with van der Waals surface area (Å²) in [6.45, 7) is 10.7. The van der Waals surface area contributed by atoms with Gasteiger partial charge in [-0.25, -0.2) is 9.18 Å². The first-order valence-electron chi connectivity index (χ1n) is 7.54. The zero-order chi connectivity index (χ0) is 18.8. The van der Waals surface area contributed by atoms with Crippen LogP contribution in [0.4, 0.5) is 4.39 Å². The van der Waals surface area contributed by atoms with Crippen LogP contribution < -0.4 is 15.2 Å². The molecule has 1 aromatic carbocycles. The predicted octanol–water partition coefficient (Wildman–Crippen LogP) is 2.92. The van der Waals surface area contributed by atoms with Crippen LogP contribution in [0, 0.1) is 0 Å². The third-order valence-corrected chi connectivity index (χ3v) is 3.21. The van der Waals surface area contributed by atoms with Crippen LogP contribution in [0.5, 0.6) is 5.75 Å². The Balaban J connectivity index is 0.000000754. The van der Waals surface area contributed by atoms with E-state index in [1.807, 2.05) is 19.9 Å². The van der Waals surface area contributed by atoms with Crippen LogP contribution in [-0.4, -0.2) is 25.2 Å². The first kappa shape index (κ1) is 21.6. The molecule has 1 aromatic rings. The summed E-state index contributed by atoms with van der Waals surface area (Å²) in [6.07, 6.45) is 5.82. The van der Waals surface area contributed by atoms with Crippen LogP contribution in [-0.2, 0) is 9.53 Å². The van der Waals surface area contributed by atoms with Gasteiger partial charge in [0.2, 0.25) is 0 Å². The Kier molecular flexibility index (Phi) is 9.31. The molecule has 0 saturated heterocycles. The maximum atomic E-state index is 12.1. The highest BCUT2D eigenvalue weighted by Crippen LogP contribution is 2.14. The van der Waals surface area contributed by atoms with Gasteiger partial charge in [-0.3, -0.25) is 4.79 Å². The number of carbonyl (C=O) groups is 2. The third-order valence-electron chi connectivity index (χ3n) is 3.21. The van der Waals surface area contributed by atoms with Crippen LogP contribution in [0.25, 0.3) is 12.2 Å². The van der Waals surface area contributed by atoms with Crippen molar-refractivity contribution in [2.75, 3.05) is 7.11 Å². The van der Waals surface area contributed by atoms with E-state index in [1.54, 1.807) is 38.1 Å². The molecule has 0 aromatic heterocycles. The van der Waals surface area contributed by atoms with Crippen molar-refractivity contribution in [2.45, 2.75) is 39.8 Å². The molecule has 0 fully saturated rings. The topological polar surface area (TPSA) is 52.6 Å². The number of benzene rings is 1. The fourth-order valence-electron chi connectivity index (χ4n) is 1.55. The second-order valence-electron chi connectivity index (χ2n) is 5.45. The molecule has 0 unspecified atom stereocenters. The maximum absolute atomic E-state index is 12.1. The lowest BCUT2D eigenvalue weighted by Gasteiger charge is -2.07. The van der Waals surface area contributed by atoms with Crippen molar-refractivity contribution in [1.29, 1.82) is 0 Å². The number of rotatable bonds is 5. The minimum absolute atomic E-state index is 0.163. The fourth-order valence-corrected chi connectivity index (χ4v) is 1.55. The second-order valence-corrected chi connectivity index (χ2v) is 5.45. The van der Waals surface area contributed by atoms with Gasteiger partial charge in [0, 0.05) is 0 Å². The summed E-state index contributed by atoms with van der Waals surface area (Å²) >= 11 is 0. The van der Waals surface area contributed by atoms with E-state index >= 15 is 0 Å². The van der Waals surface area contributed by atoms with Gasteiger partial charge >= 0.3 is 5.97 Å². The molecule has 0 aliphatic rings. The lowest BCUT2D eigenvalue weighted by Crippen LogP contribution is -2.26. The number of methoxy groups -OCH3 is 1. The molecule has 0 saturated carbocycles. The monoisotopic (exact) mass is 336 g/mol. The molecule has 1 rings (SSSR count). The minimum atomic E-state index is -0.958. The first-order valence-corrected chi connectivity index (χ1v) is 7.54. The normalized spacial score (nSPS) is 12.1. The molecule has 0 bridgehead atoms. The molecule has 0 aliphatic heterocycles. The molecule has 4 nitrogen and oxygen atoms in total. The smallest absolute Gasteiger partial charge is 0.341 e. The van der Waals surface area contributed by atoms with E-state index in [-0.39, 0.29) is 17.8 Å². The molecule has 132 valence electrons. The molecule has 0 radical (unpaired) electrons. The SMILES string of the molecule is C=C/C=c1/cc(OC=O)c(C(=O)OC)c/c1=C/C.CCC(C)(C)F. The zero-order valence-corrected chi connectivity index (χ0v) is 14.9. The second kappa shape index (κ2) is 10.4. The summed E-state index contributed by atoms with van der Waals surface area (Å²) in [6, 6.07) is 3.21. The van der Waals surface area contributed by atoms with E-state index in [0.29, 0.717) is 6.42 Å². The number of hydrogen-bond acceptors (Lipinski definition) is 4. The first-order chi connectivity index (χ1) is 11.2. The fraction of sp³-hybridized carbons (Fsp3) is 0.368. The molecule has 0 heterocycles. The molecule has 0 spiro atoms. The Hall–Kier alpha value is -2.43. The summed E-state index contributed by atoms with van der Waals surface area (Å²) in [5.41, 5.74) is -0.751. The van der Waals surface area contributed by atoms with Gasteiger partial charge in [0.05, 0.1) is 7.11 Å². The zero-order valence-electron chi connectivity index (χ0n) is 14.9. The van der Waals surface area contributed by atoms with Crippen LogP contribution in [0.1, 0.15) is 44.5 Å². The van der Waals surface area contributed by atoms with Crippen LogP contribution in [0.2, 0.25) is 0 Å². The quantitative estimate of drug-likeness (QED) is 0.613. The molecule has 0 atom stereocenters. The summed E-state index contributed by atoms with van der Waals surface area (Å²) in [4.78, 5) is 22.0. The van der Waals surface area contributed by atoms with E-state index in [1.165, 1.54) is 7.11 Å². The van der Waals surface area contributed by atoms with Gasteiger partial charge in [-0.15, -0.1) is 0 Å². The van der Waals surface area contributed by atoms with Crippen molar-refractivity contribution in [2.24, 2.45) is 0 Å². The Bertz CT molecular complexity index is 685. The minimum Gasteiger partial charge on any atom is -0.465 e. The summed E-state index contributed by atoms with van der Waals surface area (Å²) in [7, 11) is 1.27. The standard InChI is InChI=1S/C14H14O4.C5H11F/c1-4-6-11-8-13(18-9-15)12(14(16)17-3)7-10(11)5-2;1-4-5(2,3)6/h4-9H,1H2,2-3H3;4H2,1-3H3/b10-5-,11-6-;. The van der Waals surface area contributed by atoms with Crippen molar-refractivity contribution in [3.8, 4) is 5.75 Å². The predicted molar refractivity (Wildman–Crippen MR) is 94.0 cm³/mol. The van der Waals surface area contributed by atoms with Crippen molar-refractivity contribution in [3.63, 3.8) is 0 Å². The number of hydrogen-bond donors (Lipinski definition) is 0. The van der Waals surface area contributed by atoms with Crippen molar-refractivity contribution < 1.29 is 23.5 Å². The number of ether oxygens (including phenoxy) is 2. The summed E-state index contributed by atoms with van der Waals surface area (Å²) < 4.78 is 21.6. The van der Waals surface area contributed by atoms with Gasteiger partial charge in [0.1, 0.15) is 17.0 Å². The Labute approximate surface area is 142 Å². The molecule has 0 aliphatic carbocycles. The van der Waals surface area contributed by atoms with Gasteiger partial charge in [0.15, 0.2) is 0 Å². The van der Waals surface area contributed by atoms with E-state index in [4.69, 9.17) is 4.74 Å². The highest BCUT2D eigenvalue weighted by molar-refractivity contribution is 5.92. The van der Waals surface area contributed by atoms with Crippen molar-refractivity contribution in [3.05, 3.63) is 40.8 Å². The van der Waals surface area contributed by atoms with Gasteiger partial charge in [-0.05, 0) is 49.8 Å². The Morgan fingerprint density at radius 2 is 1.92 bits per heavy atom. The lowest BCUT2D eigenvalue weighted by molar-refractivity contribution is -0.120. The third kappa shape index (κ3) is 7.22. The van der Waals surface area contributed by atoms with Gasteiger partial charge in [-0.2, -0.15) is 0 Å². The Morgan fingerprint density at radius 1 is 1.33 bits per heavy atom. The van der Waals surface area contributed by atoms with Crippen LogP contribution >= 0.6 is 0 Å². The maximum Gasteiger partial charge on any atom is 0.341 e. The van der Waals surface area contributed by atoms with Crippen LogP contribution in [0.15, 0.2) is 24.8 Å². The van der Waals surface area contributed by atoms with E-state index in [0.717, 1.165) is 10.4 Å². The van der Waals surface area contributed by atoms with E-state index in [2.05, 4.69) is 11.3 Å². The van der Waals surface area contributed by atoms with Gasteiger partial charge in [0.25, 0.3) is 6.47 Å². The molecule has 5 heteroatoms. The lowest BCUT2D eigenvalue weighted by atomic mass is 10.1. The molecule has 0 N–H and O–H groups in total. The van der Waals surface area contributed by atoms with Gasteiger partial charge < -0.3 is 9.47 Å². The van der Waals surface area contributed by atoms with Gasteiger partial charge in [-0.1, -0.05) is 31.7 Å². The largest absolute Gasteiger partial charge is 0.465 e. The molecule has 0 amide bonds. The van der Waals surface area contributed by atoms with E-state index < -0.39 is 11.6 Å². The molecular weight excluding hydrogens is 311 g/mol. The van der Waals surface area contributed by atoms with Crippen molar-refractivity contribution >= 4 is 24.6 Å². The number of carbonyl (C=O) groups excluding carboxylic acids is 2. The number of alkyl halides is 1. The van der Waals surface area contributed by atoms with Crippen LogP contribution in [0.3, 0.4) is 0 Å². The number of esters is 1. The summed E-state index contributed by atoms with van der Waals surface area (Å²) in [5, 5.41) is 1.63. The average Bonchev–Trinajstić information content (AvgIpc) is 2.55. The number of halogens is 1. The summed E-state index contributed by atoms with van der Waals surface area (Å²) in [5.74, 6) is -0.393. The highest BCUT2D eigenvalue weighted by Gasteiger charge is 2.13. The molecule has 24 heavy (non-hydrogen) atoms. The average molecular weight is 336 g/mol. The van der Waals surface area contributed by atoms with E-state index in [9.17, 15) is 14.0 Å². The number of allylic oxidation sites excluding steroid dienone is 1. The van der Waals surface area contributed by atoms with Crippen molar-refractivity contribution in [1.82, 2.24) is 0 Å². The highest BCUT2D eigenvalue weighted by atomic mass is 19.1.